The van der Waals surface area contributed by atoms with Crippen LogP contribution in [0.25, 0.3) is 17.2 Å². The maximum absolute atomic E-state index is 12.7. The van der Waals surface area contributed by atoms with Crippen LogP contribution >= 0.6 is 11.6 Å². The SMILES string of the molecule is CC(C)(CCl)C(=O)N1CCC2(C=Cc3cc(-c4ccccc4)ccc3O2)CC1. The fraction of sp³-hybridized carbons (Fsp3) is 0.375. The Bertz CT molecular complexity index is 896. The maximum atomic E-state index is 12.7. The lowest BCUT2D eigenvalue weighted by Gasteiger charge is -2.43. The Balaban J connectivity index is 1.48. The maximum Gasteiger partial charge on any atom is 0.229 e. The van der Waals surface area contributed by atoms with Crippen molar-refractivity contribution in [3.05, 3.63) is 60.2 Å². The average molecular weight is 396 g/mol. The van der Waals surface area contributed by atoms with Gasteiger partial charge in [0.05, 0.1) is 5.41 Å². The molecule has 0 unspecified atom stereocenters. The molecule has 2 aliphatic rings. The van der Waals surface area contributed by atoms with E-state index in [1.54, 1.807) is 0 Å². The molecule has 2 aromatic rings. The Morgan fingerprint density at radius 2 is 1.82 bits per heavy atom. The van der Waals surface area contributed by atoms with Gasteiger partial charge in [-0.05, 0) is 43.2 Å². The van der Waals surface area contributed by atoms with E-state index >= 15 is 0 Å². The van der Waals surface area contributed by atoms with E-state index in [0.29, 0.717) is 19.0 Å². The zero-order chi connectivity index (χ0) is 19.8. The molecule has 0 aliphatic carbocycles. The van der Waals surface area contributed by atoms with Gasteiger partial charge in [-0.1, -0.05) is 42.5 Å². The predicted octanol–water partition coefficient (Wildman–Crippen LogP) is 5.39. The first-order valence-electron chi connectivity index (χ1n) is 9.86. The fourth-order valence-corrected chi connectivity index (χ4v) is 4.03. The van der Waals surface area contributed by atoms with Crippen molar-refractivity contribution in [3.8, 4) is 16.9 Å². The Morgan fingerprint density at radius 3 is 2.50 bits per heavy atom. The number of amides is 1. The van der Waals surface area contributed by atoms with Gasteiger partial charge in [-0.3, -0.25) is 4.79 Å². The van der Waals surface area contributed by atoms with Crippen LogP contribution in [0, 0.1) is 5.41 Å². The number of carbonyl (C=O) groups excluding carboxylic acids is 1. The number of hydrogen-bond acceptors (Lipinski definition) is 2. The molecule has 0 atom stereocenters. The Hall–Kier alpha value is -2.26. The number of rotatable bonds is 3. The van der Waals surface area contributed by atoms with Crippen LogP contribution in [0.3, 0.4) is 0 Å². The number of alkyl halides is 1. The van der Waals surface area contributed by atoms with Crippen molar-refractivity contribution in [2.45, 2.75) is 32.3 Å². The van der Waals surface area contributed by atoms with E-state index in [-0.39, 0.29) is 11.5 Å². The van der Waals surface area contributed by atoms with Gasteiger partial charge >= 0.3 is 0 Å². The summed E-state index contributed by atoms with van der Waals surface area (Å²) in [5.41, 5.74) is 2.66. The summed E-state index contributed by atoms with van der Waals surface area (Å²) in [6.07, 6.45) is 5.95. The molecule has 0 aromatic heterocycles. The van der Waals surface area contributed by atoms with Gasteiger partial charge in [0.25, 0.3) is 0 Å². The van der Waals surface area contributed by atoms with Crippen molar-refractivity contribution in [2.24, 2.45) is 5.41 Å². The highest BCUT2D eigenvalue weighted by Crippen LogP contribution is 2.39. The summed E-state index contributed by atoms with van der Waals surface area (Å²) in [5.74, 6) is 1.38. The summed E-state index contributed by atoms with van der Waals surface area (Å²) in [7, 11) is 0. The van der Waals surface area contributed by atoms with Gasteiger partial charge in [0, 0.05) is 37.4 Å². The second-order valence-electron chi connectivity index (χ2n) is 8.43. The fourth-order valence-electron chi connectivity index (χ4n) is 3.92. The second kappa shape index (κ2) is 7.29. The molecule has 1 spiro atoms. The first-order valence-corrected chi connectivity index (χ1v) is 10.4. The molecular formula is C24H26ClNO2. The van der Waals surface area contributed by atoms with Crippen LogP contribution in [0.4, 0.5) is 0 Å². The standard InChI is InChI=1S/C24H26ClNO2/c1-23(2,17-25)22(27)26-14-12-24(13-15-26)11-10-20-16-19(8-9-21(20)28-24)18-6-4-3-5-7-18/h3-11,16H,12-15,17H2,1-2H3. The van der Waals surface area contributed by atoms with E-state index in [0.717, 1.165) is 24.2 Å². The van der Waals surface area contributed by atoms with Crippen LogP contribution in [0.2, 0.25) is 0 Å². The second-order valence-corrected chi connectivity index (χ2v) is 8.70. The number of fused-ring (bicyclic) bond motifs is 1. The zero-order valence-electron chi connectivity index (χ0n) is 16.5. The summed E-state index contributed by atoms with van der Waals surface area (Å²) < 4.78 is 6.44. The van der Waals surface area contributed by atoms with Gasteiger partial charge in [-0.15, -0.1) is 11.6 Å². The molecule has 28 heavy (non-hydrogen) atoms. The number of halogens is 1. The van der Waals surface area contributed by atoms with Crippen LogP contribution in [0.5, 0.6) is 5.75 Å². The lowest BCUT2D eigenvalue weighted by Crippen LogP contribution is -2.52. The van der Waals surface area contributed by atoms with Gasteiger partial charge in [-0.2, -0.15) is 0 Å². The average Bonchev–Trinajstić information content (AvgIpc) is 2.74. The minimum Gasteiger partial charge on any atom is -0.482 e. The van der Waals surface area contributed by atoms with E-state index in [1.807, 2.05) is 24.8 Å². The summed E-state index contributed by atoms with van der Waals surface area (Å²) >= 11 is 5.98. The minimum absolute atomic E-state index is 0.130. The molecule has 4 rings (SSSR count). The summed E-state index contributed by atoms with van der Waals surface area (Å²) in [6, 6.07) is 16.7. The molecule has 0 bridgehead atoms. The largest absolute Gasteiger partial charge is 0.482 e. The Morgan fingerprint density at radius 1 is 1.11 bits per heavy atom. The number of piperidine rings is 1. The Kier molecular flexibility index (Phi) is 4.96. The number of carbonyl (C=O) groups is 1. The first kappa shape index (κ1) is 19.1. The highest BCUT2D eigenvalue weighted by Gasteiger charge is 2.40. The predicted molar refractivity (Wildman–Crippen MR) is 115 cm³/mol. The molecule has 146 valence electrons. The van der Waals surface area contributed by atoms with Crippen LogP contribution in [0.1, 0.15) is 32.3 Å². The molecule has 0 radical (unpaired) electrons. The summed E-state index contributed by atoms with van der Waals surface area (Å²) in [4.78, 5) is 14.6. The lowest BCUT2D eigenvalue weighted by molar-refractivity contribution is -0.142. The van der Waals surface area contributed by atoms with E-state index < -0.39 is 5.41 Å². The molecule has 1 saturated heterocycles. The zero-order valence-corrected chi connectivity index (χ0v) is 17.2. The van der Waals surface area contributed by atoms with Crippen LogP contribution < -0.4 is 4.74 Å². The van der Waals surface area contributed by atoms with Crippen molar-refractivity contribution < 1.29 is 9.53 Å². The van der Waals surface area contributed by atoms with Crippen LogP contribution in [0.15, 0.2) is 54.6 Å². The number of hydrogen-bond donors (Lipinski definition) is 0. The molecule has 2 aromatic carbocycles. The summed E-state index contributed by atoms with van der Waals surface area (Å²) in [6.45, 7) is 5.20. The Labute approximate surface area is 172 Å². The van der Waals surface area contributed by atoms with Crippen molar-refractivity contribution in [1.29, 1.82) is 0 Å². The highest BCUT2D eigenvalue weighted by atomic mass is 35.5. The molecule has 4 heteroatoms. The number of benzene rings is 2. The molecule has 1 amide bonds. The van der Waals surface area contributed by atoms with Crippen molar-refractivity contribution in [3.63, 3.8) is 0 Å². The van der Waals surface area contributed by atoms with Gasteiger partial charge in [0.1, 0.15) is 11.4 Å². The minimum atomic E-state index is -0.518. The van der Waals surface area contributed by atoms with Gasteiger partial charge < -0.3 is 9.64 Å². The third kappa shape index (κ3) is 3.56. The lowest BCUT2D eigenvalue weighted by atomic mass is 9.86. The van der Waals surface area contributed by atoms with Gasteiger partial charge in [0.15, 0.2) is 0 Å². The van der Waals surface area contributed by atoms with Crippen molar-refractivity contribution in [1.82, 2.24) is 4.90 Å². The molecule has 2 heterocycles. The van der Waals surface area contributed by atoms with Crippen LogP contribution in [-0.2, 0) is 4.79 Å². The van der Waals surface area contributed by atoms with E-state index in [9.17, 15) is 4.79 Å². The van der Waals surface area contributed by atoms with Crippen molar-refractivity contribution >= 4 is 23.6 Å². The molecule has 3 nitrogen and oxygen atoms in total. The molecular weight excluding hydrogens is 370 g/mol. The van der Waals surface area contributed by atoms with Crippen LogP contribution in [-0.4, -0.2) is 35.4 Å². The molecule has 0 N–H and O–H groups in total. The van der Waals surface area contributed by atoms with Crippen molar-refractivity contribution in [2.75, 3.05) is 19.0 Å². The summed E-state index contributed by atoms with van der Waals surface area (Å²) in [5, 5.41) is 0. The number of likely N-dealkylation sites (tertiary alicyclic amines) is 1. The van der Waals surface area contributed by atoms with Gasteiger partial charge in [0.2, 0.25) is 5.91 Å². The van der Waals surface area contributed by atoms with E-state index in [4.69, 9.17) is 16.3 Å². The third-order valence-corrected chi connectivity index (χ3v) is 6.47. The number of nitrogens with zero attached hydrogens (tertiary/aromatic N) is 1. The highest BCUT2D eigenvalue weighted by molar-refractivity contribution is 6.19. The monoisotopic (exact) mass is 395 g/mol. The smallest absolute Gasteiger partial charge is 0.229 e. The van der Waals surface area contributed by atoms with Gasteiger partial charge in [-0.25, -0.2) is 0 Å². The third-order valence-electron chi connectivity index (χ3n) is 5.81. The normalized spacial score (nSPS) is 17.9. The molecule has 1 fully saturated rings. The van der Waals surface area contributed by atoms with E-state index in [2.05, 4.69) is 54.6 Å². The molecule has 2 aliphatic heterocycles. The molecule has 0 saturated carbocycles. The topological polar surface area (TPSA) is 29.5 Å². The number of ether oxygens (including phenoxy) is 1. The van der Waals surface area contributed by atoms with E-state index in [1.165, 1.54) is 11.1 Å². The first-order chi connectivity index (χ1) is 13.4. The quantitative estimate of drug-likeness (QED) is 0.652.